The fourth-order valence-corrected chi connectivity index (χ4v) is 0.512. The molecular formula is C6H17Cl2N3. The molecule has 0 aliphatic heterocycles. The van der Waals surface area contributed by atoms with Gasteiger partial charge >= 0.3 is 0 Å². The molecule has 0 amide bonds. The van der Waals surface area contributed by atoms with Crippen molar-refractivity contribution >= 4 is 30.6 Å². The predicted molar refractivity (Wildman–Crippen MR) is 54.9 cm³/mol. The lowest BCUT2D eigenvalue weighted by Crippen LogP contribution is -2.06. The fourth-order valence-electron chi connectivity index (χ4n) is 0.512. The molecule has 70 valence electrons. The lowest BCUT2D eigenvalue weighted by Gasteiger charge is -1.92. The molecule has 0 saturated carbocycles. The highest BCUT2D eigenvalue weighted by molar-refractivity contribution is 5.85. The highest BCUT2D eigenvalue weighted by Gasteiger charge is 1.82. The Morgan fingerprint density at radius 2 is 1.82 bits per heavy atom. The van der Waals surface area contributed by atoms with Crippen molar-refractivity contribution in [3.05, 3.63) is 0 Å². The monoisotopic (exact) mass is 201 g/mol. The largest absolute Gasteiger partial charge is 0.388 e. The molecule has 0 aliphatic carbocycles. The summed E-state index contributed by atoms with van der Waals surface area (Å²) in [6.07, 6.45) is 2.09. The SMILES string of the molecule is CC(N)=NCCCCN.Cl.Cl. The summed E-state index contributed by atoms with van der Waals surface area (Å²) in [6, 6.07) is 0. The van der Waals surface area contributed by atoms with Crippen LogP contribution in [0.1, 0.15) is 19.8 Å². The first-order valence-corrected chi connectivity index (χ1v) is 3.24. The average Bonchev–Trinajstić information content (AvgIpc) is 1.80. The third-order valence-corrected chi connectivity index (χ3v) is 0.973. The number of unbranched alkanes of at least 4 members (excludes halogenated alkanes) is 1. The van der Waals surface area contributed by atoms with E-state index in [0.717, 1.165) is 25.9 Å². The van der Waals surface area contributed by atoms with Gasteiger partial charge in [0.2, 0.25) is 0 Å². The third kappa shape index (κ3) is 17.8. The van der Waals surface area contributed by atoms with Crippen molar-refractivity contribution in [3.8, 4) is 0 Å². The van der Waals surface area contributed by atoms with Gasteiger partial charge in [-0.25, -0.2) is 0 Å². The highest BCUT2D eigenvalue weighted by atomic mass is 35.5. The van der Waals surface area contributed by atoms with Gasteiger partial charge in [0.25, 0.3) is 0 Å². The molecule has 0 aromatic carbocycles. The van der Waals surface area contributed by atoms with Gasteiger partial charge in [-0.05, 0) is 26.3 Å². The van der Waals surface area contributed by atoms with E-state index in [1.807, 2.05) is 0 Å². The molecule has 5 heteroatoms. The van der Waals surface area contributed by atoms with Crippen molar-refractivity contribution < 1.29 is 0 Å². The van der Waals surface area contributed by atoms with Crippen LogP contribution in [-0.4, -0.2) is 18.9 Å². The molecular weight excluding hydrogens is 185 g/mol. The maximum absolute atomic E-state index is 5.29. The van der Waals surface area contributed by atoms with Gasteiger partial charge in [0.05, 0.1) is 5.84 Å². The number of aliphatic imine (C=N–C) groups is 1. The summed E-state index contributed by atoms with van der Waals surface area (Å²) >= 11 is 0. The van der Waals surface area contributed by atoms with Crippen LogP contribution in [0.15, 0.2) is 4.99 Å². The van der Waals surface area contributed by atoms with Crippen molar-refractivity contribution in [2.24, 2.45) is 16.5 Å². The van der Waals surface area contributed by atoms with Gasteiger partial charge in [-0.15, -0.1) is 24.8 Å². The summed E-state index contributed by atoms with van der Waals surface area (Å²) in [5.41, 5.74) is 10.6. The van der Waals surface area contributed by atoms with Crippen LogP contribution in [0.4, 0.5) is 0 Å². The molecule has 0 bridgehead atoms. The molecule has 0 radical (unpaired) electrons. The lowest BCUT2D eigenvalue weighted by atomic mass is 10.3. The van der Waals surface area contributed by atoms with E-state index < -0.39 is 0 Å². The Balaban J connectivity index is -0.000000320. The minimum atomic E-state index is 0. The van der Waals surface area contributed by atoms with Crippen LogP contribution in [0.3, 0.4) is 0 Å². The van der Waals surface area contributed by atoms with Crippen LogP contribution in [0.2, 0.25) is 0 Å². The zero-order chi connectivity index (χ0) is 7.11. The molecule has 0 heterocycles. The van der Waals surface area contributed by atoms with E-state index in [2.05, 4.69) is 4.99 Å². The number of nitrogens with two attached hydrogens (primary N) is 2. The number of amidine groups is 1. The van der Waals surface area contributed by atoms with Crippen LogP contribution in [-0.2, 0) is 0 Å². The highest BCUT2D eigenvalue weighted by Crippen LogP contribution is 1.85. The molecule has 0 atom stereocenters. The van der Waals surface area contributed by atoms with Gasteiger partial charge < -0.3 is 11.5 Å². The molecule has 0 unspecified atom stereocenters. The van der Waals surface area contributed by atoms with Crippen LogP contribution in [0, 0.1) is 0 Å². The van der Waals surface area contributed by atoms with Gasteiger partial charge in [0, 0.05) is 6.54 Å². The molecule has 11 heavy (non-hydrogen) atoms. The summed E-state index contributed by atoms with van der Waals surface area (Å²) in [6.45, 7) is 3.36. The Morgan fingerprint density at radius 3 is 2.18 bits per heavy atom. The Labute approximate surface area is 80.4 Å². The minimum Gasteiger partial charge on any atom is -0.388 e. The number of nitrogens with zero attached hydrogens (tertiary/aromatic N) is 1. The first kappa shape index (κ1) is 17.2. The van der Waals surface area contributed by atoms with E-state index in [9.17, 15) is 0 Å². The van der Waals surface area contributed by atoms with Crippen molar-refractivity contribution in [2.45, 2.75) is 19.8 Å². The van der Waals surface area contributed by atoms with Gasteiger partial charge in [0.1, 0.15) is 0 Å². The molecule has 0 saturated heterocycles. The van der Waals surface area contributed by atoms with Gasteiger partial charge in [0.15, 0.2) is 0 Å². The quantitative estimate of drug-likeness (QED) is 0.405. The minimum absolute atomic E-state index is 0. The van der Waals surface area contributed by atoms with Crippen molar-refractivity contribution in [2.75, 3.05) is 13.1 Å². The lowest BCUT2D eigenvalue weighted by molar-refractivity contribution is 0.755. The maximum Gasteiger partial charge on any atom is 0.0905 e. The van der Waals surface area contributed by atoms with Crippen LogP contribution in [0.5, 0.6) is 0 Å². The molecule has 4 N–H and O–H groups in total. The molecule has 0 rings (SSSR count). The first-order chi connectivity index (χ1) is 4.27. The molecule has 0 aliphatic rings. The Kier molecular flexibility index (Phi) is 19.8. The topological polar surface area (TPSA) is 64.4 Å². The zero-order valence-corrected chi connectivity index (χ0v) is 8.38. The van der Waals surface area contributed by atoms with E-state index in [-0.39, 0.29) is 24.8 Å². The molecule has 0 aromatic rings. The van der Waals surface area contributed by atoms with Gasteiger partial charge in [-0.3, -0.25) is 4.99 Å². The summed E-state index contributed by atoms with van der Waals surface area (Å²) < 4.78 is 0. The van der Waals surface area contributed by atoms with E-state index in [0.29, 0.717) is 5.84 Å². The standard InChI is InChI=1S/C6H15N3.2ClH/c1-6(8)9-5-3-2-4-7;;/h2-5,7H2,1H3,(H2,8,9);2*1H. The van der Waals surface area contributed by atoms with Crippen molar-refractivity contribution in [1.82, 2.24) is 0 Å². The summed E-state index contributed by atoms with van der Waals surface area (Å²) in [5, 5.41) is 0. The van der Waals surface area contributed by atoms with Crippen molar-refractivity contribution in [3.63, 3.8) is 0 Å². The number of hydrogen-bond donors (Lipinski definition) is 2. The Bertz CT molecular complexity index is 91.8. The van der Waals surface area contributed by atoms with E-state index in [4.69, 9.17) is 11.5 Å². The number of halogens is 2. The summed E-state index contributed by atoms with van der Waals surface area (Å²) in [7, 11) is 0. The molecule has 0 aromatic heterocycles. The zero-order valence-electron chi connectivity index (χ0n) is 6.75. The van der Waals surface area contributed by atoms with Crippen LogP contribution < -0.4 is 11.5 Å². The molecule has 0 spiro atoms. The number of hydrogen-bond acceptors (Lipinski definition) is 2. The first-order valence-electron chi connectivity index (χ1n) is 3.24. The van der Waals surface area contributed by atoms with Gasteiger partial charge in [-0.1, -0.05) is 0 Å². The second-order valence-electron chi connectivity index (χ2n) is 2.02. The normalized spacial score (nSPS) is 9.82. The van der Waals surface area contributed by atoms with E-state index in [1.54, 1.807) is 6.92 Å². The molecule has 0 fully saturated rings. The smallest absolute Gasteiger partial charge is 0.0905 e. The van der Waals surface area contributed by atoms with E-state index in [1.165, 1.54) is 0 Å². The summed E-state index contributed by atoms with van der Waals surface area (Å²) in [4.78, 5) is 4.00. The number of rotatable bonds is 4. The Hall–Kier alpha value is 0.01000. The average molecular weight is 202 g/mol. The third-order valence-electron chi connectivity index (χ3n) is 0.973. The molecule has 3 nitrogen and oxygen atoms in total. The summed E-state index contributed by atoms with van der Waals surface area (Å²) in [5.74, 6) is 0.659. The fraction of sp³-hybridized carbons (Fsp3) is 0.833. The van der Waals surface area contributed by atoms with Gasteiger partial charge in [-0.2, -0.15) is 0 Å². The maximum atomic E-state index is 5.29. The second kappa shape index (κ2) is 12.7. The van der Waals surface area contributed by atoms with Crippen LogP contribution >= 0.6 is 24.8 Å². The van der Waals surface area contributed by atoms with Crippen LogP contribution in [0.25, 0.3) is 0 Å². The second-order valence-corrected chi connectivity index (χ2v) is 2.02. The predicted octanol–water partition coefficient (Wildman–Crippen LogP) is 0.946. The van der Waals surface area contributed by atoms with E-state index >= 15 is 0 Å². The van der Waals surface area contributed by atoms with Crippen molar-refractivity contribution in [1.29, 1.82) is 0 Å². The Morgan fingerprint density at radius 1 is 1.27 bits per heavy atom.